The van der Waals surface area contributed by atoms with Gasteiger partial charge in [0.15, 0.2) is 5.75 Å². The Kier molecular flexibility index (Phi) is 2.47. The topological polar surface area (TPSA) is 58.9 Å². The van der Waals surface area contributed by atoms with Crippen molar-refractivity contribution in [3.05, 3.63) is 12.4 Å². The first kappa shape index (κ1) is 6.81. The van der Waals surface area contributed by atoms with Gasteiger partial charge >= 0.3 is 0 Å². The molecule has 0 fully saturated rings. The minimum atomic E-state index is 0. The molecule has 4 heteroatoms. The lowest BCUT2D eigenvalue weighted by Crippen LogP contribution is -1.80. The van der Waals surface area contributed by atoms with Crippen LogP contribution in [-0.4, -0.2) is 20.5 Å². The Morgan fingerprint density at radius 1 is 1.25 bits per heavy atom. The van der Waals surface area contributed by atoms with E-state index in [0.29, 0.717) is 0 Å². The molecule has 8 heavy (non-hydrogen) atoms. The van der Waals surface area contributed by atoms with E-state index >= 15 is 0 Å². The Balaban J connectivity index is 0.000000490. The van der Waals surface area contributed by atoms with Crippen molar-refractivity contribution in [2.24, 2.45) is 0 Å². The Labute approximate surface area is 47.2 Å². The van der Waals surface area contributed by atoms with Crippen LogP contribution in [0.2, 0.25) is 0 Å². The van der Waals surface area contributed by atoms with Crippen LogP contribution in [0, 0.1) is 0 Å². The van der Waals surface area contributed by atoms with Crippen LogP contribution in [0.1, 0.15) is 7.43 Å². The van der Waals surface area contributed by atoms with E-state index in [-0.39, 0.29) is 13.2 Å². The summed E-state index contributed by atoms with van der Waals surface area (Å²) >= 11 is 0. The fourth-order valence-corrected chi connectivity index (χ4v) is 0.233. The van der Waals surface area contributed by atoms with E-state index in [2.05, 4.69) is 15.4 Å². The number of hydrogen-bond donors (Lipinski definition) is 1. The summed E-state index contributed by atoms with van der Waals surface area (Å²) in [5.41, 5.74) is 0. The van der Waals surface area contributed by atoms with E-state index in [1.807, 2.05) is 0 Å². The first-order chi connectivity index (χ1) is 3.39. The lowest BCUT2D eigenvalue weighted by Gasteiger charge is -1.79. The van der Waals surface area contributed by atoms with Crippen LogP contribution >= 0.6 is 0 Å². The molecule has 0 aliphatic carbocycles. The quantitative estimate of drug-likeness (QED) is 0.522. The molecule has 1 aromatic rings. The zero-order valence-corrected chi connectivity index (χ0v) is 3.44. The van der Waals surface area contributed by atoms with Gasteiger partial charge in [0, 0.05) is 0 Å². The predicted molar refractivity (Wildman–Crippen MR) is 28.2 cm³/mol. The monoisotopic (exact) mass is 113 g/mol. The Hall–Kier alpha value is -1.19. The van der Waals surface area contributed by atoms with Gasteiger partial charge in [-0.1, -0.05) is 7.43 Å². The fourth-order valence-electron chi connectivity index (χ4n) is 0.233. The molecular formula is C4H7N3O. The zero-order chi connectivity index (χ0) is 5.11. The summed E-state index contributed by atoms with van der Waals surface area (Å²) in [5, 5.41) is 18.2. The van der Waals surface area contributed by atoms with Crippen molar-refractivity contribution in [2.75, 3.05) is 0 Å². The predicted octanol–water partition coefficient (Wildman–Crippen LogP) is 0.213. The van der Waals surface area contributed by atoms with Crippen molar-refractivity contribution >= 4 is 0 Å². The van der Waals surface area contributed by atoms with Gasteiger partial charge in [-0.3, -0.25) is 0 Å². The zero-order valence-electron chi connectivity index (χ0n) is 3.44. The molecular weight excluding hydrogens is 106 g/mol. The van der Waals surface area contributed by atoms with Gasteiger partial charge in [0.25, 0.3) is 0 Å². The second kappa shape index (κ2) is 2.90. The van der Waals surface area contributed by atoms with Gasteiger partial charge in [-0.15, -0.1) is 10.2 Å². The molecule has 0 saturated heterocycles. The van der Waals surface area contributed by atoms with Crippen LogP contribution < -0.4 is 0 Å². The standard InChI is InChI=1S/C3H3N3O.CH4/c7-3-1-4-6-5-2-3;/h1-2H,(H,6,7);1H4. The average Bonchev–Trinajstić information content (AvgIpc) is 1.69. The smallest absolute Gasteiger partial charge is 0.155 e. The van der Waals surface area contributed by atoms with Gasteiger partial charge in [-0.25, -0.2) is 0 Å². The maximum Gasteiger partial charge on any atom is 0.155 e. The van der Waals surface area contributed by atoms with Crippen molar-refractivity contribution in [2.45, 2.75) is 7.43 Å². The minimum absolute atomic E-state index is 0. The maximum absolute atomic E-state index is 8.47. The molecule has 0 aliphatic heterocycles. The molecule has 0 atom stereocenters. The minimum Gasteiger partial charge on any atom is -0.505 e. The number of nitrogens with zero attached hydrogens (tertiary/aromatic N) is 3. The second-order valence-electron chi connectivity index (χ2n) is 1.00. The van der Waals surface area contributed by atoms with Crippen LogP contribution in [-0.2, 0) is 0 Å². The molecule has 0 aromatic carbocycles. The van der Waals surface area contributed by atoms with Gasteiger partial charge in [0.2, 0.25) is 0 Å². The summed E-state index contributed by atoms with van der Waals surface area (Å²) in [5.74, 6) is 0.0370. The van der Waals surface area contributed by atoms with Crippen molar-refractivity contribution in [3.8, 4) is 5.75 Å². The highest BCUT2D eigenvalue weighted by Crippen LogP contribution is 1.95. The van der Waals surface area contributed by atoms with E-state index < -0.39 is 0 Å². The number of aromatic hydroxyl groups is 1. The highest BCUT2D eigenvalue weighted by atomic mass is 16.3. The highest BCUT2D eigenvalue weighted by molar-refractivity contribution is 5.04. The summed E-state index contributed by atoms with van der Waals surface area (Å²) < 4.78 is 0. The molecule has 0 spiro atoms. The summed E-state index contributed by atoms with van der Waals surface area (Å²) in [6.07, 6.45) is 2.43. The number of hydrogen-bond acceptors (Lipinski definition) is 4. The molecule has 44 valence electrons. The van der Waals surface area contributed by atoms with Crippen LogP contribution in [0.25, 0.3) is 0 Å². The maximum atomic E-state index is 8.47. The third-order valence-electron chi connectivity index (χ3n) is 0.483. The van der Waals surface area contributed by atoms with Gasteiger partial charge in [-0.05, 0) is 5.21 Å². The van der Waals surface area contributed by atoms with Crippen molar-refractivity contribution in [3.63, 3.8) is 0 Å². The molecule has 1 aromatic heterocycles. The fraction of sp³-hybridized carbons (Fsp3) is 0.250. The number of rotatable bonds is 0. The largest absolute Gasteiger partial charge is 0.505 e. The third-order valence-corrected chi connectivity index (χ3v) is 0.483. The Morgan fingerprint density at radius 2 is 1.75 bits per heavy atom. The Bertz CT molecular complexity index is 141. The normalized spacial score (nSPS) is 7.50. The molecule has 1 heterocycles. The van der Waals surface area contributed by atoms with Crippen molar-refractivity contribution in [1.82, 2.24) is 15.4 Å². The molecule has 0 bridgehead atoms. The van der Waals surface area contributed by atoms with Gasteiger partial charge in [-0.2, -0.15) is 0 Å². The molecule has 1 rings (SSSR count). The SMILES string of the molecule is C.Oc1cnnnc1. The van der Waals surface area contributed by atoms with E-state index in [9.17, 15) is 0 Å². The van der Waals surface area contributed by atoms with Gasteiger partial charge < -0.3 is 5.11 Å². The van der Waals surface area contributed by atoms with E-state index in [1.54, 1.807) is 0 Å². The van der Waals surface area contributed by atoms with E-state index in [4.69, 9.17) is 5.11 Å². The van der Waals surface area contributed by atoms with Crippen LogP contribution in [0.5, 0.6) is 5.75 Å². The molecule has 1 N–H and O–H groups in total. The first-order valence-electron chi connectivity index (χ1n) is 1.72. The molecule has 0 unspecified atom stereocenters. The summed E-state index contributed by atoms with van der Waals surface area (Å²) in [6, 6.07) is 0. The Morgan fingerprint density at radius 3 is 2.00 bits per heavy atom. The number of aromatic nitrogens is 3. The molecule has 4 nitrogen and oxygen atoms in total. The molecule has 0 aliphatic rings. The molecule has 0 radical (unpaired) electrons. The molecule has 0 amide bonds. The lowest BCUT2D eigenvalue weighted by atomic mass is 10.7. The van der Waals surface area contributed by atoms with Crippen LogP contribution in [0.15, 0.2) is 12.4 Å². The van der Waals surface area contributed by atoms with Gasteiger partial charge in [0.05, 0.1) is 12.4 Å². The highest BCUT2D eigenvalue weighted by Gasteiger charge is 1.78. The van der Waals surface area contributed by atoms with Crippen LogP contribution in [0.3, 0.4) is 0 Å². The van der Waals surface area contributed by atoms with Crippen molar-refractivity contribution < 1.29 is 5.11 Å². The summed E-state index contributed by atoms with van der Waals surface area (Å²) in [6.45, 7) is 0. The lowest BCUT2D eigenvalue weighted by molar-refractivity contribution is 0.465. The van der Waals surface area contributed by atoms with Gasteiger partial charge in [0.1, 0.15) is 0 Å². The summed E-state index contributed by atoms with van der Waals surface area (Å²) in [4.78, 5) is 0. The second-order valence-corrected chi connectivity index (χ2v) is 1.00. The van der Waals surface area contributed by atoms with Crippen molar-refractivity contribution in [1.29, 1.82) is 0 Å². The summed E-state index contributed by atoms with van der Waals surface area (Å²) in [7, 11) is 0. The third kappa shape index (κ3) is 1.51. The first-order valence-corrected chi connectivity index (χ1v) is 1.72. The van der Waals surface area contributed by atoms with E-state index in [0.717, 1.165) is 0 Å². The molecule has 0 saturated carbocycles. The average molecular weight is 113 g/mol. The van der Waals surface area contributed by atoms with E-state index in [1.165, 1.54) is 12.4 Å². The van der Waals surface area contributed by atoms with Crippen LogP contribution in [0.4, 0.5) is 0 Å².